The van der Waals surface area contributed by atoms with Crippen LogP contribution in [0.15, 0.2) is 47.9 Å². The van der Waals surface area contributed by atoms with Crippen LogP contribution in [-0.4, -0.2) is 39.3 Å². The summed E-state index contributed by atoms with van der Waals surface area (Å²) in [7, 11) is 1.37. The molecule has 1 aromatic carbocycles. The molecule has 0 atom stereocenters. The second-order valence-corrected chi connectivity index (χ2v) is 7.93. The van der Waals surface area contributed by atoms with Crippen molar-refractivity contribution in [2.75, 3.05) is 13.7 Å². The number of esters is 1. The number of thiocarbonyl (C=S) groups is 1. The van der Waals surface area contributed by atoms with Crippen LogP contribution in [0.25, 0.3) is 11.8 Å². The molecule has 1 amide bonds. The van der Waals surface area contributed by atoms with Crippen molar-refractivity contribution in [2.45, 2.75) is 13.8 Å². The minimum absolute atomic E-state index is 0.116. The third kappa shape index (κ3) is 3.55. The maximum absolute atomic E-state index is 12.6. The molecule has 1 aromatic heterocycles. The van der Waals surface area contributed by atoms with Crippen LogP contribution in [0.4, 0.5) is 0 Å². The number of aryl methyl sites for hydroxylation is 1. The second kappa shape index (κ2) is 8.16. The number of carbonyl (C=O) groups is 2. The van der Waals surface area contributed by atoms with Gasteiger partial charge in [-0.05, 0) is 43.7 Å². The lowest BCUT2D eigenvalue weighted by molar-refractivity contribution is -0.121. The topological polar surface area (TPSA) is 51.5 Å². The highest BCUT2D eigenvalue weighted by atomic mass is 32.2. The third-order valence-corrected chi connectivity index (χ3v) is 5.87. The molecule has 0 radical (unpaired) electrons. The Morgan fingerprint density at radius 3 is 2.71 bits per heavy atom. The summed E-state index contributed by atoms with van der Waals surface area (Å²) in [6.07, 6.45) is 3.51. The number of rotatable bonds is 5. The van der Waals surface area contributed by atoms with Gasteiger partial charge >= 0.3 is 5.97 Å². The first kappa shape index (κ1) is 20.1. The van der Waals surface area contributed by atoms with Crippen LogP contribution in [-0.2, 0) is 9.53 Å². The Labute approximate surface area is 173 Å². The number of methoxy groups -OCH3 is 1. The normalized spacial score (nSPS) is 15.4. The SMILES string of the molecule is C=CCN1C(=O)/C(=C/c2cc(C)n(-c3ccccc3C(=O)OC)c2C)SC1=S. The van der Waals surface area contributed by atoms with Gasteiger partial charge < -0.3 is 9.30 Å². The summed E-state index contributed by atoms with van der Waals surface area (Å²) in [5, 5.41) is 0. The molecule has 1 fully saturated rings. The fourth-order valence-electron chi connectivity index (χ4n) is 3.18. The Morgan fingerprint density at radius 2 is 2.04 bits per heavy atom. The van der Waals surface area contributed by atoms with Gasteiger partial charge in [0.1, 0.15) is 4.32 Å². The molecule has 3 rings (SSSR count). The van der Waals surface area contributed by atoms with E-state index in [1.54, 1.807) is 18.2 Å². The molecule has 144 valence electrons. The van der Waals surface area contributed by atoms with Gasteiger partial charge in [0.05, 0.1) is 23.3 Å². The van der Waals surface area contributed by atoms with E-state index in [1.807, 2.05) is 42.7 Å². The highest BCUT2D eigenvalue weighted by Crippen LogP contribution is 2.34. The number of carbonyl (C=O) groups excluding carboxylic acids is 2. The predicted octanol–water partition coefficient (Wildman–Crippen LogP) is 4.27. The highest BCUT2D eigenvalue weighted by molar-refractivity contribution is 8.26. The smallest absolute Gasteiger partial charge is 0.339 e. The molecule has 0 bridgehead atoms. The molecule has 1 saturated heterocycles. The molecule has 0 spiro atoms. The van der Waals surface area contributed by atoms with E-state index < -0.39 is 5.97 Å². The van der Waals surface area contributed by atoms with Crippen LogP contribution in [0.5, 0.6) is 0 Å². The molecule has 7 heteroatoms. The van der Waals surface area contributed by atoms with Crippen LogP contribution < -0.4 is 0 Å². The largest absolute Gasteiger partial charge is 0.465 e. The van der Waals surface area contributed by atoms with Crippen molar-refractivity contribution in [1.29, 1.82) is 0 Å². The number of benzene rings is 1. The van der Waals surface area contributed by atoms with E-state index in [-0.39, 0.29) is 5.91 Å². The Bertz CT molecular complexity index is 1020. The van der Waals surface area contributed by atoms with Crippen LogP contribution in [0.2, 0.25) is 0 Å². The zero-order valence-electron chi connectivity index (χ0n) is 15.9. The van der Waals surface area contributed by atoms with E-state index in [0.29, 0.717) is 21.3 Å². The number of aromatic nitrogens is 1. The van der Waals surface area contributed by atoms with Gasteiger partial charge in [0, 0.05) is 17.9 Å². The maximum Gasteiger partial charge on any atom is 0.339 e. The molecule has 0 aliphatic carbocycles. The van der Waals surface area contributed by atoms with E-state index in [9.17, 15) is 9.59 Å². The number of amides is 1. The molecule has 0 saturated carbocycles. The van der Waals surface area contributed by atoms with Gasteiger partial charge in [-0.2, -0.15) is 0 Å². The number of nitrogens with zero attached hydrogens (tertiary/aromatic N) is 2. The number of hydrogen-bond donors (Lipinski definition) is 0. The number of para-hydroxylation sites is 1. The Kier molecular flexibility index (Phi) is 5.86. The summed E-state index contributed by atoms with van der Waals surface area (Å²) in [5.74, 6) is -0.510. The summed E-state index contributed by atoms with van der Waals surface area (Å²) in [6, 6.07) is 9.28. The fraction of sp³-hybridized carbons (Fsp3) is 0.190. The van der Waals surface area contributed by atoms with Crippen molar-refractivity contribution in [3.8, 4) is 5.69 Å². The standard InChI is InChI=1S/C21H20N2O3S2/c1-5-10-22-19(24)18(28-21(22)27)12-15-11-13(2)23(14(15)3)17-9-7-6-8-16(17)20(25)26-4/h5-9,11-12H,1,10H2,2-4H3/b18-12-. The summed E-state index contributed by atoms with van der Waals surface area (Å²) in [6.45, 7) is 7.98. The monoisotopic (exact) mass is 412 g/mol. The van der Waals surface area contributed by atoms with E-state index in [0.717, 1.165) is 22.6 Å². The summed E-state index contributed by atoms with van der Waals surface area (Å²) >= 11 is 6.58. The number of hydrogen-bond acceptors (Lipinski definition) is 5. The molecule has 2 heterocycles. The summed E-state index contributed by atoms with van der Waals surface area (Å²) < 4.78 is 7.43. The van der Waals surface area contributed by atoms with Crippen molar-refractivity contribution >= 4 is 46.3 Å². The molecule has 1 aliphatic rings. The number of thioether (sulfide) groups is 1. The first-order chi connectivity index (χ1) is 13.4. The lowest BCUT2D eigenvalue weighted by Gasteiger charge is -2.13. The van der Waals surface area contributed by atoms with Crippen LogP contribution in [0.1, 0.15) is 27.3 Å². The van der Waals surface area contributed by atoms with Gasteiger partial charge in [0.2, 0.25) is 0 Å². The van der Waals surface area contributed by atoms with Crippen molar-refractivity contribution < 1.29 is 14.3 Å². The average Bonchev–Trinajstić information content (AvgIpc) is 3.11. The fourth-order valence-corrected chi connectivity index (χ4v) is 4.45. The first-order valence-electron chi connectivity index (χ1n) is 8.62. The van der Waals surface area contributed by atoms with Crippen molar-refractivity contribution in [3.63, 3.8) is 0 Å². The highest BCUT2D eigenvalue weighted by Gasteiger charge is 2.31. The predicted molar refractivity (Wildman–Crippen MR) is 117 cm³/mol. The summed E-state index contributed by atoms with van der Waals surface area (Å²) in [4.78, 5) is 26.9. The average molecular weight is 413 g/mol. The lowest BCUT2D eigenvalue weighted by Crippen LogP contribution is -2.27. The van der Waals surface area contributed by atoms with E-state index in [2.05, 4.69) is 6.58 Å². The lowest BCUT2D eigenvalue weighted by atomic mass is 10.1. The Morgan fingerprint density at radius 1 is 1.32 bits per heavy atom. The zero-order valence-corrected chi connectivity index (χ0v) is 17.5. The summed E-state index contributed by atoms with van der Waals surface area (Å²) in [5.41, 5.74) is 3.99. The van der Waals surface area contributed by atoms with Crippen molar-refractivity contribution in [3.05, 3.63) is 70.4 Å². The minimum atomic E-state index is -0.394. The van der Waals surface area contributed by atoms with Gasteiger partial charge in [-0.3, -0.25) is 9.69 Å². The molecule has 0 unspecified atom stereocenters. The van der Waals surface area contributed by atoms with E-state index >= 15 is 0 Å². The molecule has 5 nitrogen and oxygen atoms in total. The third-order valence-electron chi connectivity index (χ3n) is 4.49. The molecule has 2 aromatic rings. The van der Waals surface area contributed by atoms with Gasteiger partial charge in [-0.1, -0.05) is 42.2 Å². The number of ether oxygens (including phenoxy) is 1. The first-order valence-corrected chi connectivity index (χ1v) is 9.84. The van der Waals surface area contributed by atoms with Crippen LogP contribution >= 0.6 is 24.0 Å². The van der Waals surface area contributed by atoms with E-state index in [4.69, 9.17) is 17.0 Å². The second-order valence-electron chi connectivity index (χ2n) is 6.25. The molecular weight excluding hydrogens is 392 g/mol. The van der Waals surface area contributed by atoms with Gasteiger partial charge in [-0.15, -0.1) is 6.58 Å². The Balaban J connectivity index is 2.06. The van der Waals surface area contributed by atoms with Crippen LogP contribution in [0, 0.1) is 13.8 Å². The zero-order chi connectivity index (χ0) is 20.4. The van der Waals surface area contributed by atoms with Gasteiger partial charge in [-0.25, -0.2) is 4.79 Å². The minimum Gasteiger partial charge on any atom is -0.465 e. The maximum atomic E-state index is 12.6. The molecule has 1 aliphatic heterocycles. The van der Waals surface area contributed by atoms with Gasteiger partial charge in [0.15, 0.2) is 0 Å². The molecule has 0 N–H and O–H groups in total. The van der Waals surface area contributed by atoms with E-state index in [1.165, 1.54) is 23.8 Å². The van der Waals surface area contributed by atoms with Gasteiger partial charge in [0.25, 0.3) is 5.91 Å². The van der Waals surface area contributed by atoms with Crippen molar-refractivity contribution in [2.24, 2.45) is 0 Å². The molecular formula is C21H20N2O3S2. The Hall–Kier alpha value is -2.64. The van der Waals surface area contributed by atoms with Crippen LogP contribution in [0.3, 0.4) is 0 Å². The quantitative estimate of drug-likeness (QED) is 0.318. The van der Waals surface area contributed by atoms with Crippen molar-refractivity contribution in [1.82, 2.24) is 9.47 Å². The molecule has 28 heavy (non-hydrogen) atoms.